The van der Waals surface area contributed by atoms with Crippen LogP contribution in [0.15, 0.2) is 103 Å². The normalized spacial score (nSPS) is 11.9. The van der Waals surface area contributed by atoms with Crippen LogP contribution in [0.25, 0.3) is 71.0 Å². The molecule has 0 N–H and O–H groups in total. The summed E-state index contributed by atoms with van der Waals surface area (Å²) in [6.07, 6.45) is -4.62. The molecule has 0 amide bonds. The zero-order valence-electron chi connectivity index (χ0n) is 27.7. The van der Waals surface area contributed by atoms with Crippen molar-refractivity contribution >= 4 is 49.3 Å². The highest BCUT2D eigenvalue weighted by Gasteiger charge is 2.32. The molecule has 0 fully saturated rings. The number of aromatic nitrogens is 2. The average molecular weight is 659 g/mol. The van der Waals surface area contributed by atoms with Crippen LogP contribution in [0.3, 0.4) is 0 Å². The Morgan fingerprint density at radius 2 is 0.980 bits per heavy atom. The first-order valence-corrected chi connectivity index (χ1v) is 16.2. The van der Waals surface area contributed by atoms with Crippen molar-refractivity contribution in [2.75, 3.05) is 0 Å². The van der Waals surface area contributed by atoms with E-state index in [1.54, 1.807) is 0 Å². The summed E-state index contributed by atoms with van der Waals surface area (Å²) < 4.78 is 45.6. The van der Waals surface area contributed by atoms with Gasteiger partial charge in [-0.05, 0) is 110 Å². The highest BCUT2D eigenvalue weighted by Crippen LogP contribution is 2.45. The number of hydrogen-bond acceptors (Lipinski definition) is 1. The maximum atomic E-state index is 13.8. The summed E-state index contributed by atoms with van der Waals surface area (Å²) in [4.78, 5) is 3.93. The van der Waals surface area contributed by atoms with Crippen LogP contribution in [0.4, 0.5) is 18.9 Å². The van der Waals surface area contributed by atoms with Gasteiger partial charge >= 0.3 is 6.18 Å². The van der Waals surface area contributed by atoms with Gasteiger partial charge in [-0.25, -0.2) is 4.85 Å². The van der Waals surface area contributed by atoms with E-state index in [0.717, 1.165) is 89.4 Å². The van der Waals surface area contributed by atoms with E-state index in [0.29, 0.717) is 5.56 Å². The zero-order chi connectivity index (χ0) is 35.1. The van der Waals surface area contributed by atoms with E-state index in [4.69, 9.17) is 6.57 Å². The molecule has 8 aromatic rings. The van der Waals surface area contributed by atoms with Gasteiger partial charge in [0, 0.05) is 21.5 Å². The van der Waals surface area contributed by atoms with E-state index in [9.17, 15) is 18.4 Å². The predicted octanol–water partition coefficient (Wildman–Crippen LogP) is 12.2. The van der Waals surface area contributed by atoms with Crippen molar-refractivity contribution in [3.05, 3.63) is 148 Å². The first-order chi connectivity index (χ1) is 24.0. The lowest BCUT2D eigenvalue weighted by molar-refractivity contribution is -0.137. The van der Waals surface area contributed by atoms with Gasteiger partial charge in [0.2, 0.25) is 0 Å². The van der Waals surface area contributed by atoms with E-state index in [-0.39, 0.29) is 16.8 Å². The molecule has 242 valence electrons. The lowest BCUT2D eigenvalue weighted by atomic mass is 9.95. The van der Waals surface area contributed by atoms with E-state index in [1.165, 1.54) is 6.07 Å². The second-order valence-corrected chi connectivity index (χ2v) is 13.1. The number of nitrogens with zero attached hydrogens (tertiary/aromatic N) is 4. The van der Waals surface area contributed by atoms with Crippen molar-refractivity contribution in [2.24, 2.45) is 0 Å². The molecule has 0 spiro atoms. The minimum absolute atomic E-state index is 0.152. The van der Waals surface area contributed by atoms with Crippen molar-refractivity contribution in [3.63, 3.8) is 0 Å². The third-order valence-corrected chi connectivity index (χ3v) is 9.61. The molecule has 0 aliphatic heterocycles. The van der Waals surface area contributed by atoms with Gasteiger partial charge in [-0.1, -0.05) is 54.6 Å². The summed E-state index contributed by atoms with van der Waals surface area (Å²) in [5, 5.41) is 14.3. The molecule has 6 aromatic carbocycles. The largest absolute Gasteiger partial charge is 0.416 e. The number of benzene rings is 6. The summed E-state index contributed by atoms with van der Waals surface area (Å²) in [6, 6.07) is 34.2. The molecule has 2 aromatic heterocycles. The Labute approximate surface area is 286 Å². The zero-order valence-corrected chi connectivity index (χ0v) is 27.7. The van der Waals surface area contributed by atoms with Crippen molar-refractivity contribution in [1.29, 1.82) is 5.26 Å². The fourth-order valence-electron chi connectivity index (χ4n) is 7.28. The monoisotopic (exact) mass is 658 g/mol. The molecule has 0 radical (unpaired) electrons. The van der Waals surface area contributed by atoms with Gasteiger partial charge in [-0.15, -0.1) is 0 Å². The van der Waals surface area contributed by atoms with Crippen LogP contribution in [-0.2, 0) is 6.18 Å². The Bertz CT molecular complexity index is 2700. The van der Waals surface area contributed by atoms with Crippen molar-refractivity contribution in [2.45, 2.75) is 33.9 Å². The maximum Gasteiger partial charge on any atom is 0.416 e. The molecular weight excluding hydrogens is 629 g/mol. The van der Waals surface area contributed by atoms with Gasteiger partial charge in [0.05, 0.1) is 57.2 Å². The van der Waals surface area contributed by atoms with Crippen LogP contribution < -0.4 is 0 Å². The van der Waals surface area contributed by atoms with Crippen molar-refractivity contribution in [1.82, 2.24) is 9.13 Å². The van der Waals surface area contributed by atoms with Crippen LogP contribution >= 0.6 is 0 Å². The maximum absolute atomic E-state index is 13.8. The highest BCUT2D eigenvalue weighted by atomic mass is 19.4. The minimum Gasteiger partial charge on any atom is -0.308 e. The number of alkyl halides is 3. The average Bonchev–Trinajstić information content (AvgIpc) is 3.57. The molecule has 50 heavy (non-hydrogen) atoms. The van der Waals surface area contributed by atoms with Gasteiger partial charge in [-0.2, -0.15) is 18.4 Å². The van der Waals surface area contributed by atoms with E-state index in [2.05, 4.69) is 86.8 Å². The van der Waals surface area contributed by atoms with E-state index >= 15 is 0 Å². The summed E-state index contributed by atoms with van der Waals surface area (Å²) in [5.41, 5.74) is 9.40. The number of rotatable bonds is 3. The quantitative estimate of drug-likeness (QED) is 0.174. The number of halogens is 3. The van der Waals surface area contributed by atoms with Crippen LogP contribution in [0.5, 0.6) is 0 Å². The topological polar surface area (TPSA) is 38.0 Å². The molecular formula is C43H29F3N4. The summed E-state index contributed by atoms with van der Waals surface area (Å²) in [5.74, 6) is 0. The molecule has 2 heterocycles. The Morgan fingerprint density at radius 3 is 1.36 bits per heavy atom. The van der Waals surface area contributed by atoms with Gasteiger partial charge in [-0.3, -0.25) is 0 Å². The molecule has 0 aliphatic carbocycles. The Hall–Kier alpha value is -6.31. The first-order valence-electron chi connectivity index (χ1n) is 16.2. The fourth-order valence-corrected chi connectivity index (χ4v) is 7.28. The fraction of sp³-hybridized carbons (Fsp3) is 0.116. The summed E-state index contributed by atoms with van der Waals surface area (Å²) in [7, 11) is 0. The lowest BCUT2D eigenvalue weighted by Gasteiger charge is -2.20. The second-order valence-electron chi connectivity index (χ2n) is 13.1. The Kier molecular flexibility index (Phi) is 6.89. The molecule has 4 nitrogen and oxygen atoms in total. The van der Waals surface area contributed by atoms with Crippen LogP contribution in [0.2, 0.25) is 0 Å². The van der Waals surface area contributed by atoms with Crippen LogP contribution in [0, 0.1) is 45.6 Å². The molecule has 0 bridgehead atoms. The van der Waals surface area contributed by atoms with Gasteiger partial charge < -0.3 is 9.13 Å². The molecule has 0 saturated heterocycles. The third kappa shape index (κ3) is 4.74. The lowest BCUT2D eigenvalue weighted by Crippen LogP contribution is -2.06. The van der Waals surface area contributed by atoms with Crippen LogP contribution in [0.1, 0.15) is 33.4 Å². The standard InChI is InChI=1S/C43H29F3N4/c1-24-6-11-31-32-12-7-25(2)17-38(32)49(37(31)16-24)41-21-35(30-15-10-29(43(44,45)46)20-28(30)23-47)36(48-5)22-42(41)50-39-18-26(3)8-13-33(39)34-14-9-27(4)19-40(34)50/h6-22H,1-4H3. The third-order valence-electron chi connectivity index (χ3n) is 9.61. The van der Waals surface area contributed by atoms with Crippen molar-refractivity contribution < 1.29 is 13.2 Å². The Morgan fingerprint density at radius 1 is 0.560 bits per heavy atom. The van der Waals surface area contributed by atoms with Gasteiger partial charge in [0.1, 0.15) is 0 Å². The van der Waals surface area contributed by atoms with Gasteiger partial charge in [0.25, 0.3) is 0 Å². The van der Waals surface area contributed by atoms with Crippen LogP contribution in [-0.4, -0.2) is 9.13 Å². The molecule has 8 rings (SSSR count). The first kappa shape index (κ1) is 31.0. The number of aryl methyl sites for hydroxylation is 4. The molecule has 0 unspecified atom stereocenters. The molecule has 0 saturated carbocycles. The molecule has 0 aliphatic rings. The van der Waals surface area contributed by atoms with E-state index < -0.39 is 11.7 Å². The number of fused-ring (bicyclic) bond motifs is 6. The minimum atomic E-state index is -4.62. The SMILES string of the molecule is [C-]#[N+]c1cc(-n2c3cc(C)ccc3c3ccc(C)cc32)c(-n2c3cc(C)ccc3c3ccc(C)cc32)cc1-c1ccc(C(F)(F)F)cc1C#N. The number of hydrogen-bond donors (Lipinski definition) is 0. The van der Waals surface area contributed by atoms with Gasteiger partial charge in [0.15, 0.2) is 5.69 Å². The number of nitriles is 1. The predicted molar refractivity (Wildman–Crippen MR) is 195 cm³/mol. The summed E-state index contributed by atoms with van der Waals surface area (Å²) in [6.45, 7) is 16.5. The van der Waals surface area contributed by atoms with E-state index in [1.807, 2.05) is 45.9 Å². The molecule has 0 atom stereocenters. The Balaban J connectivity index is 1.59. The molecule has 7 heteroatoms. The van der Waals surface area contributed by atoms with Crippen molar-refractivity contribution in [3.8, 4) is 28.6 Å². The highest BCUT2D eigenvalue weighted by molar-refractivity contribution is 6.12. The second kappa shape index (κ2) is 11.1. The summed E-state index contributed by atoms with van der Waals surface area (Å²) >= 11 is 0. The smallest absolute Gasteiger partial charge is 0.308 e.